The Labute approximate surface area is 104 Å². The predicted molar refractivity (Wildman–Crippen MR) is 69.2 cm³/mol. The lowest BCUT2D eigenvalue weighted by Crippen LogP contribution is -2.35. The van der Waals surface area contributed by atoms with Gasteiger partial charge in [-0.25, -0.2) is 0 Å². The number of rotatable bonds is 6. The first-order valence-corrected chi connectivity index (χ1v) is 6.69. The van der Waals surface area contributed by atoms with Crippen molar-refractivity contribution in [3.8, 4) is 0 Å². The van der Waals surface area contributed by atoms with Gasteiger partial charge in [0.05, 0.1) is 5.84 Å². The van der Waals surface area contributed by atoms with Gasteiger partial charge in [-0.2, -0.15) is 0 Å². The highest BCUT2D eigenvalue weighted by Gasteiger charge is 2.43. The summed E-state index contributed by atoms with van der Waals surface area (Å²) < 4.78 is 5.38. The number of nitrogens with two attached hydrogens (primary N) is 1. The summed E-state index contributed by atoms with van der Waals surface area (Å²) in [7, 11) is 2.20. The number of hydrogen-bond donors (Lipinski definition) is 2. The Morgan fingerprint density at radius 3 is 2.59 bits per heavy atom. The molecule has 1 saturated carbocycles. The third-order valence-corrected chi connectivity index (χ3v) is 4.04. The van der Waals surface area contributed by atoms with E-state index in [-0.39, 0.29) is 0 Å². The molecule has 0 spiro atoms. The van der Waals surface area contributed by atoms with Gasteiger partial charge in [0.15, 0.2) is 0 Å². The van der Waals surface area contributed by atoms with Crippen LogP contribution in [-0.4, -0.2) is 44.1 Å². The fraction of sp³-hybridized carbons (Fsp3) is 0.923. The van der Waals surface area contributed by atoms with Crippen molar-refractivity contribution in [2.75, 3.05) is 33.4 Å². The van der Waals surface area contributed by atoms with E-state index in [2.05, 4.69) is 11.9 Å². The lowest BCUT2D eigenvalue weighted by Gasteiger charge is -2.29. The molecule has 0 aromatic carbocycles. The molecular weight excluding hydrogens is 214 g/mol. The van der Waals surface area contributed by atoms with E-state index in [9.17, 15) is 0 Å². The second-order valence-corrected chi connectivity index (χ2v) is 5.95. The summed E-state index contributed by atoms with van der Waals surface area (Å²) in [5.41, 5.74) is 5.87. The zero-order valence-corrected chi connectivity index (χ0v) is 10.9. The zero-order chi connectivity index (χ0) is 12.3. The van der Waals surface area contributed by atoms with E-state index in [0.717, 1.165) is 32.1 Å². The first kappa shape index (κ1) is 12.8. The monoisotopic (exact) mass is 239 g/mol. The SMILES string of the molecule is CN(CC1CCOCC1)CC1(CC(=N)N)CC1. The third kappa shape index (κ3) is 3.96. The molecule has 0 radical (unpaired) electrons. The topological polar surface area (TPSA) is 62.3 Å². The fourth-order valence-electron chi connectivity index (χ4n) is 2.98. The molecule has 1 aliphatic carbocycles. The largest absolute Gasteiger partial charge is 0.388 e. The van der Waals surface area contributed by atoms with Gasteiger partial charge in [-0.15, -0.1) is 0 Å². The molecule has 98 valence electrons. The van der Waals surface area contributed by atoms with E-state index in [4.69, 9.17) is 15.9 Å². The highest BCUT2D eigenvalue weighted by Crippen LogP contribution is 2.49. The summed E-state index contributed by atoms with van der Waals surface area (Å²) in [6.07, 6.45) is 5.66. The molecule has 0 unspecified atom stereocenters. The maximum Gasteiger partial charge on any atom is 0.0911 e. The molecule has 2 fully saturated rings. The van der Waals surface area contributed by atoms with E-state index in [0.29, 0.717) is 11.3 Å². The summed E-state index contributed by atoms with van der Waals surface area (Å²) in [6.45, 7) is 4.13. The standard InChI is InChI=1S/C13H25N3O/c1-16(9-11-2-6-17-7-3-11)10-13(4-5-13)8-12(14)15/h11H,2-10H2,1H3,(H3,14,15). The minimum Gasteiger partial charge on any atom is -0.388 e. The molecular formula is C13H25N3O. The van der Waals surface area contributed by atoms with Crippen molar-refractivity contribution < 1.29 is 4.74 Å². The highest BCUT2D eigenvalue weighted by molar-refractivity contribution is 5.78. The van der Waals surface area contributed by atoms with E-state index in [1.807, 2.05) is 0 Å². The Morgan fingerprint density at radius 1 is 1.41 bits per heavy atom. The second kappa shape index (κ2) is 5.36. The van der Waals surface area contributed by atoms with Gasteiger partial charge in [0, 0.05) is 32.7 Å². The smallest absolute Gasteiger partial charge is 0.0911 e. The first-order valence-electron chi connectivity index (χ1n) is 6.69. The van der Waals surface area contributed by atoms with Crippen molar-refractivity contribution in [3.05, 3.63) is 0 Å². The number of nitrogens with zero attached hydrogens (tertiary/aromatic N) is 1. The number of nitrogens with one attached hydrogen (secondary N) is 1. The molecule has 1 aliphatic heterocycles. The van der Waals surface area contributed by atoms with Gasteiger partial charge in [0.2, 0.25) is 0 Å². The molecule has 17 heavy (non-hydrogen) atoms. The van der Waals surface area contributed by atoms with Crippen molar-refractivity contribution in [2.24, 2.45) is 17.1 Å². The zero-order valence-electron chi connectivity index (χ0n) is 10.9. The lowest BCUT2D eigenvalue weighted by molar-refractivity contribution is 0.0536. The van der Waals surface area contributed by atoms with Crippen molar-refractivity contribution in [1.29, 1.82) is 5.41 Å². The molecule has 4 heteroatoms. The third-order valence-electron chi connectivity index (χ3n) is 4.04. The van der Waals surface area contributed by atoms with Gasteiger partial charge in [-0.3, -0.25) is 5.41 Å². The first-order chi connectivity index (χ1) is 8.10. The van der Waals surface area contributed by atoms with Crippen molar-refractivity contribution in [3.63, 3.8) is 0 Å². The molecule has 3 N–H and O–H groups in total. The molecule has 0 bridgehead atoms. The second-order valence-electron chi connectivity index (χ2n) is 5.95. The maximum absolute atomic E-state index is 7.43. The van der Waals surface area contributed by atoms with Gasteiger partial charge in [-0.1, -0.05) is 0 Å². The Hall–Kier alpha value is -0.610. The van der Waals surface area contributed by atoms with Crippen LogP contribution in [0.5, 0.6) is 0 Å². The molecule has 1 heterocycles. The van der Waals surface area contributed by atoms with Gasteiger partial charge in [-0.05, 0) is 44.1 Å². The van der Waals surface area contributed by atoms with Gasteiger partial charge < -0.3 is 15.4 Å². The Kier molecular flexibility index (Phi) is 4.05. The molecule has 0 aromatic heterocycles. The maximum atomic E-state index is 7.43. The van der Waals surface area contributed by atoms with Crippen LogP contribution < -0.4 is 5.73 Å². The van der Waals surface area contributed by atoms with Crippen LogP contribution in [0.1, 0.15) is 32.1 Å². The van der Waals surface area contributed by atoms with Crippen LogP contribution in [0.2, 0.25) is 0 Å². The van der Waals surface area contributed by atoms with Gasteiger partial charge in [0.25, 0.3) is 0 Å². The van der Waals surface area contributed by atoms with Crippen molar-refractivity contribution in [2.45, 2.75) is 32.1 Å². The average molecular weight is 239 g/mol. The summed E-state index contributed by atoms with van der Waals surface area (Å²) in [5, 5.41) is 7.43. The molecule has 4 nitrogen and oxygen atoms in total. The number of amidine groups is 1. The van der Waals surface area contributed by atoms with E-state index in [1.165, 1.54) is 32.2 Å². The van der Waals surface area contributed by atoms with Crippen LogP contribution in [0.25, 0.3) is 0 Å². The summed E-state index contributed by atoms with van der Waals surface area (Å²) in [4.78, 5) is 2.44. The number of ether oxygens (including phenoxy) is 1. The van der Waals surface area contributed by atoms with Crippen molar-refractivity contribution >= 4 is 5.84 Å². The quantitative estimate of drug-likeness (QED) is 0.545. The lowest BCUT2D eigenvalue weighted by atomic mass is 9.97. The van der Waals surface area contributed by atoms with Gasteiger partial charge >= 0.3 is 0 Å². The summed E-state index contributed by atoms with van der Waals surface area (Å²) in [5.74, 6) is 1.14. The van der Waals surface area contributed by atoms with Crippen LogP contribution in [0.4, 0.5) is 0 Å². The molecule has 0 atom stereocenters. The molecule has 2 aliphatic rings. The van der Waals surface area contributed by atoms with Crippen LogP contribution >= 0.6 is 0 Å². The fourth-order valence-corrected chi connectivity index (χ4v) is 2.98. The van der Waals surface area contributed by atoms with Crippen LogP contribution in [-0.2, 0) is 4.74 Å². The Bertz CT molecular complexity index is 270. The molecule has 2 rings (SSSR count). The van der Waals surface area contributed by atoms with Crippen LogP contribution in [0, 0.1) is 16.7 Å². The minimum absolute atomic E-state index is 0.339. The minimum atomic E-state index is 0.339. The van der Waals surface area contributed by atoms with Gasteiger partial charge in [0.1, 0.15) is 0 Å². The summed E-state index contributed by atoms with van der Waals surface area (Å²) >= 11 is 0. The van der Waals surface area contributed by atoms with E-state index in [1.54, 1.807) is 0 Å². The Morgan fingerprint density at radius 2 is 2.06 bits per heavy atom. The average Bonchev–Trinajstić information content (AvgIpc) is 2.97. The van der Waals surface area contributed by atoms with Crippen LogP contribution in [0.15, 0.2) is 0 Å². The molecule has 0 aromatic rings. The van der Waals surface area contributed by atoms with Crippen LogP contribution in [0.3, 0.4) is 0 Å². The van der Waals surface area contributed by atoms with E-state index >= 15 is 0 Å². The van der Waals surface area contributed by atoms with Crippen molar-refractivity contribution in [1.82, 2.24) is 4.90 Å². The molecule has 0 amide bonds. The Balaban J connectivity index is 1.72. The normalized spacial score (nSPS) is 23.9. The van der Waals surface area contributed by atoms with E-state index < -0.39 is 0 Å². The summed E-state index contributed by atoms with van der Waals surface area (Å²) in [6, 6.07) is 0. The predicted octanol–water partition coefficient (Wildman–Crippen LogP) is 1.45. The molecule has 1 saturated heterocycles. The highest BCUT2D eigenvalue weighted by atomic mass is 16.5. The number of hydrogen-bond acceptors (Lipinski definition) is 3.